The molecule has 188 valence electrons. The number of carbonyl (C=O) groups excluding carboxylic acids is 3. The topological polar surface area (TPSA) is 126 Å². The number of rotatable bonds is 7. The van der Waals surface area contributed by atoms with E-state index in [2.05, 4.69) is 15.4 Å². The maximum atomic E-state index is 13.6. The summed E-state index contributed by atoms with van der Waals surface area (Å²) in [5.74, 6) is -0.848. The molecule has 0 saturated carbocycles. The standard InChI is InChI=1S/C25H28ClN7O3/c1-4-19(16-6-5-7-17(26)14-16)29-25(36)33-22(24(35)32(3)21-9-11-31(2)30-21)18(23(33)34)12-15-8-10-28-20(27)13-15/h5-11,13-14,18-19,22H,4,12H2,1-3H3,(H2,27,28)(H,29,36)/t18-,19-,22+/m1/s1. The Bertz CT molecular complexity index is 1290. The Balaban J connectivity index is 1.60. The average Bonchev–Trinajstić information content (AvgIpc) is 3.29. The molecule has 1 saturated heterocycles. The summed E-state index contributed by atoms with van der Waals surface area (Å²) < 4.78 is 1.57. The molecule has 11 heteroatoms. The number of amides is 4. The smallest absolute Gasteiger partial charge is 0.325 e. The molecule has 4 amide bonds. The van der Waals surface area contributed by atoms with Gasteiger partial charge in [0.2, 0.25) is 5.91 Å². The molecule has 3 N–H and O–H groups in total. The van der Waals surface area contributed by atoms with E-state index in [1.54, 1.807) is 67.6 Å². The second-order valence-corrected chi connectivity index (χ2v) is 9.20. The molecule has 1 aromatic carbocycles. The third-order valence-corrected chi connectivity index (χ3v) is 6.55. The lowest BCUT2D eigenvalue weighted by atomic mass is 9.81. The van der Waals surface area contributed by atoms with Crippen LogP contribution >= 0.6 is 11.6 Å². The summed E-state index contributed by atoms with van der Waals surface area (Å²) in [5.41, 5.74) is 7.36. The molecule has 1 aliphatic heterocycles. The van der Waals surface area contributed by atoms with Gasteiger partial charge in [-0.2, -0.15) is 5.10 Å². The van der Waals surface area contributed by atoms with E-state index in [1.165, 1.54) is 4.90 Å². The van der Waals surface area contributed by atoms with Gasteiger partial charge in [-0.3, -0.25) is 24.1 Å². The Hall–Kier alpha value is -3.92. The lowest BCUT2D eigenvalue weighted by Crippen LogP contribution is -2.70. The Labute approximate surface area is 214 Å². The molecule has 0 bridgehead atoms. The molecule has 0 aliphatic carbocycles. The van der Waals surface area contributed by atoms with Crippen molar-refractivity contribution in [3.63, 3.8) is 0 Å². The Kier molecular flexibility index (Phi) is 7.25. The Morgan fingerprint density at radius 3 is 2.67 bits per heavy atom. The summed E-state index contributed by atoms with van der Waals surface area (Å²) in [6.07, 6.45) is 4.07. The first-order valence-electron chi connectivity index (χ1n) is 11.6. The fourth-order valence-electron chi connectivity index (χ4n) is 4.39. The van der Waals surface area contributed by atoms with E-state index in [1.807, 2.05) is 13.0 Å². The number of aromatic nitrogens is 3. The second kappa shape index (κ2) is 10.4. The lowest BCUT2D eigenvalue weighted by Gasteiger charge is -2.45. The quantitative estimate of drug-likeness (QED) is 0.471. The number of carbonyl (C=O) groups is 3. The van der Waals surface area contributed by atoms with E-state index >= 15 is 0 Å². The number of β-lactam (4-membered cyclic amide) rings is 1. The van der Waals surface area contributed by atoms with Crippen molar-refractivity contribution in [2.75, 3.05) is 17.7 Å². The number of anilines is 2. The number of likely N-dealkylation sites (N-methyl/N-ethyl adjacent to an activating group) is 1. The number of halogens is 1. The fraction of sp³-hybridized carbons (Fsp3) is 0.320. The van der Waals surface area contributed by atoms with Gasteiger partial charge in [-0.1, -0.05) is 30.7 Å². The first kappa shape index (κ1) is 25.2. The van der Waals surface area contributed by atoms with Crippen molar-refractivity contribution in [2.24, 2.45) is 13.0 Å². The van der Waals surface area contributed by atoms with Crippen LogP contribution < -0.4 is 16.0 Å². The van der Waals surface area contributed by atoms with E-state index in [9.17, 15) is 14.4 Å². The molecule has 0 radical (unpaired) electrons. The van der Waals surface area contributed by atoms with Crippen LogP contribution in [-0.2, 0) is 23.1 Å². The molecule has 1 fully saturated rings. The first-order chi connectivity index (χ1) is 17.2. The van der Waals surface area contributed by atoms with Crippen molar-refractivity contribution < 1.29 is 14.4 Å². The van der Waals surface area contributed by atoms with E-state index in [0.29, 0.717) is 23.1 Å². The van der Waals surface area contributed by atoms with Crippen LogP contribution in [-0.4, -0.2) is 50.6 Å². The third-order valence-electron chi connectivity index (χ3n) is 6.32. The highest BCUT2D eigenvalue weighted by molar-refractivity contribution is 6.30. The van der Waals surface area contributed by atoms with Crippen molar-refractivity contribution in [1.82, 2.24) is 25.0 Å². The number of nitrogens with zero attached hydrogens (tertiary/aromatic N) is 5. The third kappa shape index (κ3) is 5.03. The van der Waals surface area contributed by atoms with Crippen LogP contribution in [0.25, 0.3) is 0 Å². The number of benzene rings is 1. The predicted molar refractivity (Wildman–Crippen MR) is 136 cm³/mol. The summed E-state index contributed by atoms with van der Waals surface area (Å²) in [6.45, 7) is 1.91. The lowest BCUT2D eigenvalue weighted by molar-refractivity contribution is -0.156. The minimum atomic E-state index is -1.00. The van der Waals surface area contributed by atoms with Crippen molar-refractivity contribution in [2.45, 2.75) is 31.8 Å². The summed E-state index contributed by atoms with van der Waals surface area (Å²) in [7, 11) is 3.32. The first-order valence-corrected chi connectivity index (χ1v) is 11.9. The summed E-state index contributed by atoms with van der Waals surface area (Å²) in [4.78, 5) is 46.5. The second-order valence-electron chi connectivity index (χ2n) is 8.76. The number of imide groups is 1. The number of urea groups is 1. The van der Waals surface area contributed by atoms with Gasteiger partial charge in [0.25, 0.3) is 5.91 Å². The summed E-state index contributed by atoms with van der Waals surface area (Å²) >= 11 is 6.12. The van der Waals surface area contributed by atoms with Crippen LogP contribution in [0.2, 0.25) is 5.02 Å². The highest BCUT2D eigenvalue weighted by atomic mass is 35.5. The number of nitrogens with one attached hydrogen (secondary N) is 1. The van der Waals surface area contributed by atoms with Gasteiger partial charge in [-0.25, -0.2) is 9.78 Å². The van der Waals surface area contributed by atoms with Crippen molar-refractivity contribution >= 4 is 41.1 Å². The Morgan fingerprint density at radius 2 is 2.03 bits per heavy atom. The molecule has 0 spiro atoms. The van der Waals surface area contributed by atoms with E-state index < -0.39 is 29.8 Å². The molecular formula is C25H28ClN7O3. The van der Waals surface area contributed by atoms with Crippen LogP contribution in [0, 0.1) is 5.92 Å². The average molecular weight is 510 g/mol. The molecule has 1 aliphatic rings. The van der Waals surface area contributed by atoms with Gasteiger partial charge < -0.3 is 11.1 Å². The molecule has 2 aromatic heterocycles. The number of likely N-dealkylation sites (tertiary alicyclic amines) is 1. The van der Waals surface area contributed by atoms with Crippen LogP contribution in [0.1, 0.15) is 30.5 Å². The summed E-state index contributed by atoms with van der Waals surface area (Å²) in [5, 5.41) is 7.71. The van der Waals surface area contributed by atoms with Crippen LogP contribution in [0.5, 0.6) is 0 Å². The minimum absolute atomic E-state index is 0.243. The van der Waals surface area contributed by atoms with Crippen LogP contribution in [0.3, 0.4) is 0 Å². The molecular weight excluding hydrogens is 482 g/mol. The van der Waals surface area contributed by atoms with Crippen LogP contribution in [0.15, 0.2) is 54.9 Å². The molecule has 3 heterocycles. The number of pyridine rings is 1. The van der Waals surface area contributed by atoms with Gasteiger partial charge in [0, 0.05) is 37.6 Å². The maximum absolute atomic E-state index is 13.6. The zero-order valence-electron chi connectivity index (χ0n) is 20.3. The largest absolute Gasteiger partial charge is 0.384 e. The van der Waals surface area contributed by atoms with Crippen molar-refractivity contribution in [1.29, 1.82) is 0 Å². The molecule has 4 rings (SSSR count). The zero-order chi connectivity index (χ0) is 26.0. The van der Waals surface area contributed by atoms with E-state index in [4.69, 9.17) is 17.3 Å². The molecule has 0 unspecified atom stereocenters. The van der Waals surface area contributed by atoms with Gasteiger partial charge in [0.05, 0.1) is 12.0 Å². The molecule has 3 atom stereocenters. The monoisotopic (exact) mass is 509 g/mol. The maximum Gasteiger partial charge on any atom is 0.325 e. The highest BCUT2D eigenvalue weighted by Crippen LogP contribution is 2.33. The fourth-order valence-corrected chi connectivity index (χ4v) is 4.59. The number of hydrogen-bond acceptors (Lipinski definition) is 6. The van der Waals surface area contributed by atoms with Gasteiger partial charge in [-0.15, -0.1) is 0 Å². The normalized spacial score (nSPS) is 17.9. The number of hydrogen-bond donors (Lipinski definition) is 2. The molecule has 3 aromatic rings. The van der Waals surface area contributed by atoms with Gasteiger partial charge in [-0.05, 0) is 48.2 Å². The number of aryl methyl sites for hydroxylation is 1. The van der Waals surface area contributed by atoms with Crippen molar-refractivity contribution in [3.8, 4) is 0 Å². The molecule has 10 nitrogen and oxygen atoms in total. The number of nitrogen functional groups attached to an aromatic ring is 1. The van der Waals surface area contributed by atoms with E-state index in [0.717, 1.165) is 16.0 Å². The number of nitrogens with two attached hydrogens (primary N) is 1. The van der Waals surface area contributed by atoms with Crippen LogP contribution in [0.4, 0.5) is 16.4 Å². The Morgan fingerprint density at radius 1 is 1.25 bits per heavy atom. The highest BCUT2D eigenvalue weighted by Gasteiger charge is 2.55. The van der Waals surface area contributed by atoms with Gasteiger partial charge in [0.15, 0.2) is 5.82 Å². The SMILES string of the molecule is CC[C@@H](NC(=O)N1C(=O)[C@H](Cc2ccnc(N)c2)[C@H]1C(=O)N(C)c1ccn(C)n1)c1cccc(Cl)c1. The van der Waals surface area contributed by atoms with Gasteiger partial charge in [0.1, 0.15) is 11.9 Å². The summed E-state index contributed by atoms with van der Waals surface area (Å²) in [6, 6.07) is 10.2. The minimum Gasteiger partial charge on any atom is -0.384 e. The van der Waals surface area contributed by atoms with Gasteiger partial charge >= 0.3 is 6.03 Å². The predicted octanol–water partition coefficient (Wildman–Crippen LogP) is 2.94. The van der Waals surface area contributed by atoms with E-state index in [-0.39, 0.29) is 12.5 Å². The van der Waals surface area contributed by atoms with Crippen molar-refractivity contribution in [3.05, 3.63) is 71.0 Å². The molecule has 36 heavy (non-hydrogen) atoms. The zero-order valence-corrected chi connectivity index (χ0v) is 21.0.